The van der Waals surface area contributed by atoms with Crippen molar-refractivity contribution in [3.05, 3.63) is 12.2 Å². The summed E-state index contributed by atoms with van der Waals surface area (Å²) in [5, 5.41) is 31.8. The van der Waals surface area contributed by atoms with Crippen LogP contribution in [0.15, 0.2) is 12.2 Å². The van der Waals surface area contributed by atoms with Crippen molar-refractivity contribution >= 4 is 0 Å². The molecular weight excluding hydrogens is 288 g/mol. The van der Waals surface area contributed by atoms with E-state index in [-0.39, 0.29) is 29.0 Å². The van der Waals surface area contributed by atoms with Crippen molar-refractivity contribution in [3.8, 4) is 0 Å². The van der Waals surface area contributed by atoms with Crippen LogP contribution in [-0.4, -0.2) is 34.1 Å². The average molecular weight is 320 g/mol. The summed E-state index contributed by atoms with van der Waals surface area (Å²) in [5.74, 6) is 0.805. The number of hydrogen-bond donors (Lipinski definition) is 3. The molecule has 3 fully saturated rings. The smallest absolute Gasteiger partial charge is 0.0721 e. The van der Waals surface area contributed by atoms with E-state index in [1.807, 2.05) is 0 Å². The minimum atomic E-state index is -0.405. The van der Waals surface area contributed by atoms with Gasteiger partial charge in [0.05, 0.1) is 18.8 Å². The molecule has 4 rings (SSSR count). The van der Waals surface area contributed by atoms with Gasteiger partial charge in [-0.3, -0.25) is 0 Å². The van der Waals surface area contributed by atoms with E-state index in [1.54, 1.807) is 0 Å². The minimum absolute atomic E-state index is 0.0475. The molecule has 4 aliphatic carbocycles. The lowest BCUT2D eigenvalue weighted by Gasteiger charge is -2.66. The van der Waals surface area contributed by atoms with Gasteiger partial charge < -0.3 is 15.3 Å². The Balaban J connectivity index is 1.77. The van der Waals surface area contributed by atoms with Crippen molar-refractivity contribution in [2.24, 2.45) is 33.5 Å². The third-order valence-electron chi connectivity index (χ3n) is 8.84. The van der Waals surface area contributed by atoms with Crippen LogP contribution >= 0.6 is 0 Å². The predicted molar refractivity (Wildman–Crippen MR) is 89.7 cm³/mol. The molecule has 0 aromatic heterocycles. The molecule has 0 saturated heterocycles. The van der Waals surface area contributed by atoms with Gasteiger partial charge in [0.2, 0.25) is 0 Å². The zero-order valence-electron chi connectivity index (χ0n) is 14.8. The molecule has 4 aliphatic rings. The molecule has 0 heterocycles. The predicted octanol–water partition coefficient (Wildman–Crippen LogP) is 2.89. The van der Waals surface area contributed by atoms with E-state index in [0.29, 0.717) is 11.8 Å². The quantitative estimate of drug-likeness (QED) is 0.651. The molecule has 0 aromatic carbocycles. The van der Waals surface area contributed by atoms with Gasteiger partial charge in [0.1, 0.15) is 0 Å². The van der Waals surface area contributed by atoms with Crippen LogP contribution in [0.2, 0.25) is 0 Å². The Hall–Kier alpha value is -0.380. The fraction of sp³-hybridized carbons (Fsp3) is 0.900. The monoisotopic (exact) mass is 320 g/mol. The van der Waals surface area contributed by atoms with Crippen molar-refractivity contribution in [1.82, 2.24) is 0 Å². The van der Waals surface area contributed by atoms with Gasteiger partial charge in [-0.1, -0.05) is 32.9 Å². The van der Waals surface area contributed by atoms with Gasteiger partial charge in [0.15, 0.2) is 0 Å². The molecule has 3 saturated carbocycles. The highest BCUT2D eigenvalue weighted by molar-refractivity contribution is 5.29. The highest BCUT2D eigenvalue weighted by Gasteiger charge is 2.68. The lowest BCUT2D eigenvalue weighted by atomic mass is 9.39. The van der Waals surface area contributed by atoms with Crippen molar-refractivity contribution in [2.45, 2.75) is 71.5 Å². The SMILES string of the molecule is C[C@@]1(CO)[C@H]2CC[C@@]34C=C[C@@](C)(CC[C@H]3[C@]2(C)CC[C@H]1O)[C@@H]4O. The van der Waals surface area contributed by atoms with E-state index in [4.69, 9.17) is 0 Å². The summed E-state index contributed by atoms with van der Waals surface area (Å²) in [6.07, 6.45) is 9.94. The lowest BCUT2D eigenvalue weighted by Crippen LogP contribution is -2.64. The van der Waals surface area contributed by atoms with Gasteiger partial charge in [-0.25, -0.2) is 0 Å². The Labute approximate surface area is 139 Å². The number of aliphatic hydroxyl groups is 3. The second-order valence-electron chi connectivity index (χ2n) is 9.76. The highest BCUT2D eigenvalue weighted by atomic mass is 16.3. The van der Waals surface area contributed by atoms with Crippen LogP contribution in [-0.2, 0) is 0 Å². The number of aliphatic hydroxyl groups excluding tert-OH is 3. The molecule has 8 atom stereocenters. The Kier molecular flexibility index (Phi) is 3.23. The van der Waals surface area contributed by atoms with Crippen LogP contribution in [0, 0.1) is 33.5 Å². The number of fused-ring (bicyclic) bond motifs is 3. The van der Waals surface area contributed by atoms with E-state index in [1.165, 1.54) is 0 Å². The summed E-state index contributed by atoms with van der Waals surface area (Å²) in [6, 6.07) is 0. The largest absolute Gasteiger partial charge is 0.396 e. The molecular formula is C20H32O3. The van der Waals surface area contributed by atoms with Crippen LogP contribution in [0.5, 0.6) is 0 Å². The minimum Gasteiger partial charge on any atom is -0.396 e. The molecule has 0 amide bonds. The van der Waals surface area contributed by atoms with Crippen molar-refractivity contribution < 1.29 is 15.3 Å². The fourth-order valence-corrected chi connectivity index (χ4v) is 7.35. The summed E-state index contributed by atoms with van der Waals surface area (Å²) in [4.78, 5) is 0. The molecule has 0 aromatic rings. The summed E-state index contributed by atoms with van der Waals surface area (Å²) < 4.78 is 0. The topological polar surface area (TPSA) is 60.7 Å². The molecule has 0 aliphatic heterocycles. The van der Waals surface area contributed by atoms with E-state index >= 15 is 0 Å². The molecule has 3 N–H and O–H groups in total. The van der Waals surface area contributed by atoms with Crippen molar-refractivity contribution in [3.63, 3.8) is 0 Å². The lowest BCUT2D eigenvalue weighted by molar-refractivity contribution is -0.217. The molecule has 130 valence electrons. The van der Waals surface area contributed by atoms with E-state index < -0.39 is 11.5 Å². The highest BCUT2D eigenvalue weighted by Crippen LogP contribution is 2.71. The maximum absolute atomic E-state index is 11.1. The third kappa shape index (κ3) is 1.72. The first-order valence-corrected chi connectivity index (χ1v) is 9.40. The van der Waals surface area contributed by atoms with Crippen molar-refractivity contribution in [1.29, 1.82) is 0 Å². The standard InChI is InChI=1S/C20H32O3/c1-17-7-4-14-18(2)8-6-15(22)19(3,12-21)13(18)5-9-20(14,11-10-17)16(17)23/h10-11,13-16,21-23H,4-9,12H2,1-3H3/t13-,14-,15+,16-,17+,18+,19+,20+/m0/s1. The summed E-state index contributed by atoms with van der Waals surface area (Å²) in [7, 11) is 0. The van der Waals surface area contributed by atoms with Gasteiger partial charge in [-0.05, 0) is 55.8 Å². The summed E-state index contributed by atoms with van der Waals surface area (Å²) >= 11 is 0. The van der Waals surface area contributed by atoms with Crippen molar-refractivity contribution in [2.75, 3.05) is 6.61 Å². The molecule has 3 heteroatoms. The van der Waals surface area contributed by atoms with Gasteiger partial charge in [-0.15, -0.1) is 0 Å². The fourth-order valence-electron chi connectivity index (χ4n) is 7.35. The van der Waals surface area contributed by atoms with Crippen LogP contribution in [0.1, 0.15) is 59.3 Å². The third-order valence-corrected chi connectivity index (χ3v) is 8.84. The zero-order valence-corrected chi connectivity index (χ0v) is 14.8. The molecule has 2 bridgehead atoms. The summed E-state index contributed by atoms with van der Waals surface area (Å²) in [6.45, 7) is 6.72. The number of rotatable bonds is 1. The molecule has 0 unspecified atom stereocenters. The maximum atomic E-state index is 11.1. The van der Waals surface area contributed by atoms with Gasteiger partial charge in [0, 0.05) is 16.2 Å². The second kappa shape index (κ2) is 4.62. The first kappa shape index (κ1) is 16.1. The summed E-state index contributed by atoms with van der Waals surface area (Å²) in [5.41, 5.74) is -0.417. The van der Waals surface area contributed by atoms with Gasteiger partial charge >= 0.3 is 0 Å². The van der Waals surface area contributed by atoms with Crippen LogP contribution in [0.3, 0.4) is 0 Å². The van der Waals surface area contributed by atoms with E-state index in [2.05, 4.69) is 32.9 Å². The van der Waals surface area contributed by atoms with Crippen LogP contribution < -0.4 is 0 Å². The molecule has 0 radical (unpaired) electrons. The first-order valence-electron chi connectivity index (χ1n) is 9.40. The molecule has 3 nitrogen and oxygen atoms in total. The Morgan fingerprint density at radius 1 is 0.913 bits per heavy atom. The van der Waals surface area contributed by atoms with Crippen LogP contribution in [0.25, 0.3) is 0 Å². The second-order valence-corrected chi connectivity index (χ2v) is 9.76. The van der Waals surface area contributed by atoms with Gasteiger partial charge in [0.25, 0.3) is 0 Å². The zero-order chi connectivity index (χ0) is 16.7. The van der Waals surface area contributed by atoms with E-state index in [0.717, 1.165) is 38.5 Å². The van der Waals surface area contributed by atoms with Gasteiger partial charge in [-0.2, -0.15) is 0 Å². The Morgan fingerprint density at radius 3 is 2.30 bits per heavy atom. The molecule has 1 spiro atoms. The average Bonchev–Trinajstić information content (AvgIpc) is 2.69. The Bertz CT molecular complexity index is 545. The van der Waals surface area contributed by atoms with E-state index in [9.17, 15) is 15.3 Å². The Morgan fingerprint density at radius 2 is 1.61 bits per heavy atom. The molecule has 23 heavy (non-hydrogen) atoms. The van der Waals surface area contributed by atoms with Crippen LogP contribution in [0.4, 0.5) is 0 Å². The first-order chi connectivity index (χ1) is 10.7. The number of hydrogen-bond acceptors (Lipinski definition) is 3. The normalized spacial score (nSPS) is 61.1. The maximum Gasteiger partial charge on any atom is 0.0721 e.